The van der Waals surface area contributed by atoms with Gasteiger partial charge in [-0.05, 0) is 31.6 Å². The molecule has 0 aromatic heterocycles. The molecule has 1 heterocycles. The van der Waals surface area contributed by atoms with Crippen LogP contribution in [-0.2, 0) is 4.79 Å². The molecule has 3 nitrogen and oxygen atoms in total. The zero-order valence-electron chi connectivity index (χ0n) is 8.64. The smallest absolute Gasteiger partial charge is 0.261 e. The van der Waals surface area contributed by atoms with E-state index in [0.717, 1.165) is 11.1 Å². The number of amidine groups is 1. The second-order valence-corrected chi connectivity index (χ2v) is 5.88. The van der Waals surface area contributed by atoms with Gasteiger partial charge in [-0.15, -0.1) is 0 Å². The zero-order valence-corrected chi connectivity index (χ0v) is 9.46. The molecule has 3 aliphatic rings. The lowest BCUT2D eigenvalue weighted by atomic mass is 10.0. The highest BCUT2D eigenvalue weighted by molar-refractivity contribution is 8.15. The molecule has 2 bridgehead atoms. The lowest BCUT2D eigenvalue weighted by molar-refractivity contribution is -0.116. The van der Waals surface area contributed by atoms with E-state index in [4.69, 9.17) is 0 Å². The molecule has 4 unspecified atom stereocenters. The predicted molar refractivity (Wildman–Crippen MR) is 61.8 cm³/mol. The summed E-state index contributed by atoms with van der Waals surface area (Å²) < 4.78 is 0. The van der Waals surface area contributed by atoms with Gasteiger partial charge in [-0.25, -0.2) is 0 Å². The Morgan fingerprint density at radius 2 is 2.33 bits per heavy atom. The maximum absolute atomic E-state index is 11.3. The number of hydrogen-bond donors (Lipinski definition) is 1. The summed E-state index contributed by atoms with van der Waals surface area (Å²) in [5.41, 5.74) is 0. The summed E-state index contributed by atoms with van der Waals surface area (Å²) in [7, 11) is 0. The van der Waals surface area contributed by atoms with Crippen molar-refractivity contribution in [2.24, 2.45) is 16.8 Å². The molecule has 4 heteroatoms. The Morgan fingerprint density at radius 1 is 1.47 bits per heavy atom. The summed E-state index contributed by atoms with van der Waals surface area (Å²) in [6, 6.07) is 0.504. The summed E-state index contributed by atoms with van der Waals surface area (Å²) in [4.78, 5) is 15.3. The Morgan fingerprint density at radius 3 is 2.87 bits per heavy atom. The average molecular weight is 222 g/mol. The molecule has 2 aliphatic carbocycles. The van der Waals surface area contributed by atoms with E-state index in [1.807, 2.05) is 6.92 Å². The summed E-state index contributed by atoms with van der Waals surface area (Å²) in [6.07, 6.45) is 7.10. The largest absolute Gasteiger partial charge is 0.361 e. The monoisotopic (exact) mass is 222 g/mol. The van der Waals surface area contributed by atoms with Gasteiger partial charge in [0.1, 0.15) is 0 Å². The van der Waals surface area contributed by atoms with Gasteiger partial charge in [0.15, 0.2) is 5.17 Å². The first-order valence-electron chi connectivity index (χ1n) is 5.46. The van der Waals surface area contributed by atoms with Gasteiger partial charge in [-0.1, -0.05) is 23.9 Å². The highest BCUT2D eigenvalue weighted by Crippen LogP contribution is 2.39. The second-order valence-electron chi connectivity index (χ2n) is 4.55. The molecule has 80 valence electrons. The van der Waals surface area contributed by atoms with Crippen LogP contribution in [0.25, 0.3) is 0 Å². The number of amides is 1. The lowest BCUT2D eigenvalue weighted by Crippen LogP contribution is -2.35. The van der Waals surface area contributed by atoms with E-state index in [9.17, 15) is 4.79 Å². The molecule has 3 rings (SSSR count). The van der Waals surface area contributed by atoms with Crippen LogP contribution in [0.2, 0.25) is 0 Å². The van der Waals surface area contributed by atoms with Gasteiger partial charge in [0, 0.05) is 6.04 Å². The highest BCUT2D eigenvalue weighted by atomic mass is 32.2. The zero-order chi connectivity index (χ0) is 10.4. The molecule has 1 fully saturated rings. The van der Waals surface area contributed by atoms with Gasteiger partial charge in [0.25, 0.3) is 5.91 Å². The highest BCUT2D eigenvalue weighted by Gasteiger charge is 2.37. The maximum Gasteiger partial charge on any atom is 0.261 e. The van der Waals surface area contributed by atoms with Crippen molar-refractivity contribution in [3.8, 4) is 0 Å². The normalized spacial score (nSPS) is 42.5. The van der Waals surface area contributed by atoms with Crippen molar-refractivity contribution < 1.29 is 4.79 Å². The lowest BCUT2D eigenvalue weighted by Gasteiger charge is -2.20. The van der Waals surface area contributed by atoms with Gasteiger partial charge in [-0.2, -0.15) is 4.99 Å². The van der Waals surface area contributed by atoms with E-state index in [-0.39, 0.29) is 11.2 Å². The van der Waals surface area contributed by atoms with Crippen LogP contribution in [0.15, 0.2) is 17.1 Å². The number of nitrogens with one attached hydrogen (secondary N) is 1. The SMILES string of the molecule is CC1SC(NC2CC3C=CC2C3)=NC1=O. The summed E-state index contributed by atoms with van der Waals surface area (Å²) >= 11 is 1.55. The van der Waals surface area contributed by atoms with E-state index in [0.29, 0.717) is 12.0 Å². The Balaban J connectivity index is 1.65. The third-order valence-electron chi connectivity index (χ3n) is 3.44. The summed E-state index contributed by atoms with van der Waals surface area (Å²) in [6.45, 7) is 1.91. The number of fused-ring (bicyclic) bond motifs is 2. The number of allylic oxidation sites excluding steroid dienone is 1. The van der Waals surface area contributed by atoms with Crippen LogP contribution in [0.3, 0.4) is 0 Å². The molecule has 1 aliphatic heterocycles. The van der Waals surface area contributed by atoms with E-state index in [1.54, 1.807) is 11.8 Å². The Bertz CT molecular complexity index is 364. The first-order valence-corrected chi connectivity index (χ1v) is 6.34. The van der Waals surface area contributed by atoms with Gasteiger partial charge >= 0.3 is 0 Å². The van der Waals surface area contributed by atoms with E-state index >= 15 is 0 Å². The number of thioether (sulfide) groups is 1. The number of hydrogen-bond acceptors (Lipinski definition) is 3. The van der Waals surface area contributed by atoms with Crippen LogP contribution in [-0.4, -0.2) is 22.4 Å². The van der Waals surface area contributed by atoms with Gasteiger partial charge < -0.3 is 5.32 Å². The number of rotatable bonds is 1. The fourth-order valence-corrected chi connectivity index (χ4v) is 3.46. The topological polar surface area (TPSA) is 41.5 Å². The minimum absolute atomic E-state index is 0.00111. The summed E-state index contributed by atoms with van der Waals surface area (Å²) in [5, 5.41) is 4.24. The van der Waals surface area contributed by atoms with Crippen molar-refractivity contribution >= 4 is 22.8 Å². The van der Waals surface area contributed by atoms with Crippen LogP contribution in [0.4, 0.5) is 0 Å². The van der Waals surface area contributed by atoms with Crippen LogP contribution in [0, 0.1) is 11.8 Å². The number of nitrogens with zero attached hydrogens (tertiary/aromatic N) is 1. The quantitative estimate of drug-likeness (QED) is 0.685. The van der Waals surface area contributed by atoms with Crippen molar-refractivity contribution in [3.63, 3.8) is 0 Å². The van der Waals surface area contributed by atoms with Crippen molar-refractivity contribution in [1.82, 2.24) is 5.32 Å². The summed E-state index contributed by atoms with van der Waals surface area (Å²) in [5.74, 6) is 1.41. The standard InChI is InChI=1S/C11H14N2OS/c1-6-10(14)13-11(15-6)12-9-5-7-2-3-8(9)4-7/h2-3,6-9H,4-5H2,1H3,(H,12,13,14). The third kappa shape index (κ3) is 1.61. The van der Waals surface area contributed by atoms with Crippen molar-refractivity contribution in [1.29, 1.82) is 0 Å². The van der Waals surface area contributed by atoms with Crippen molar-refractivity contribution in [2.45, 2.75) is 31.1 Å². The molecule has 0 aromatic rings. The van der Waals surface area contributed by atoms with Crippen LogP contribution >= 0.6 is 11.8 Å². The third-order valence-corrected chi connectivity index (χ3v) is 4.42. The molecule has 1 N–H and O–H groups in total. The molecule has 15 heavy (non-hydrogen) atoms. The fraction of sp³-hybridized carbons (Fsp3) is 0.636. The average Bonchev–Trinajstić information content (AvgIpc) is 2.84. The maximum atomic E-state index is 11.3. The molecular formula is C11H14N2OS. The minimum Gasteiger partial charge on any atom is -0.361 e. The van der Waals surface area contributed by atoms with Crippen molar-refractivity contribution in [3.05, 3.63) is 12.2 Å². The molecule has 0 spiro atoms. The minimum atomic E-state index is 0.00111. The second kappa shape index (κ2) is 3.37. The van der Waals surface area contributed by atoms with Crippen LogP contribution < -0.4 is 5.32 Å². The molecular weight excluding hydrogens is 208 g/mol. The first kappa shape index (κ1) is 9.46. The Hall–Kier alpha value is -0.770. The number of carbonyl (C=O) groups excluding carboxylic acids is 1. The first-order chi connectivity index (χ1) is 7.22. The number of carbonyl (C=O) groups is 1. The van der Waals surface area contributed by atoms with E-state index in [2.05, 4.69) is 22.5 Å². The molecule has 0 aromatic carbocycles. The molecule has 0 saturated heterocycles. The predicted octanol–water partition coefficient (Wildman–Crippen LogP) is 1.56. The molecule has 1 saturated carbocycles. The van der Waals surface area contributed by atoms with E-state index < -0.39 is 0 Å². The molecule has 0 radical (unpaired) electrons. The van der Waals surface area contributed by atoms with Crippen LogP contribution in [0.1, 0.15) is 19.8 Å². The van der Waals surface area contributed by atoms with Gasteiger partial charge in [0.05, 0.1) is 5.25 Å². The molecule has 1 amide bonds. The number of aliphatic imine (C=N–C) groups is 1. The van der Waals surface area contributed by atoms with Gasteiger partial charge in [0.2, 0.25) is 0 Å². The van der Waals surface area contributed by atoms with Gasteiger partial charge in [-0.3, -0.25) is 4.79 Å². The van der Waals surface area contributed by atoms with Crippen LogP contribution in [0.5, 0.6) is 0 Å². The molecule has 4 atom stereocenters. The fourth-order valence-electron chi connectivity index (χ4n) is 2.61. The Labute approximate surface area is 93.4 Å². The Kier molecular flexibility index (Phi) is 2.12. The van der Waals surface area contributed by atoms with Crippen molar-refractivity contribution in [2.75, 3.05) is 0 Å². The van der Waals surface area contributed by atoms with E-state index in [1.165, 1.54) is 12.8 Å².